The number of fused-ring (bicyclic) bond motifs is 1. The number of H-pyrrole nitrogens is 1. The Hall–Kier alpha value is -4.76. The summed E-state index contributed by atoms with van der Waals surface area (Å²) in [6, 6.07) is 26.3. The quantitative estimate of drug-likeness (QED) is 0.337. The zero-order valence-electron chi connectivity index (χ0n) is 20.4. The van der Waals surface area contributed by atoms with Crippen LogP contribution in [0, 0.1) is 0 Å². The van der Waals surface area contributed by atoms with Crippen LogP contribution in [0.2, 0.25) is 0 Å². The second-order valence-electron chi connectivity index (χ2n) is 8.82. The van der Waals surface area contributed by atoms with Gasteiger partial charge in [0.2, 0.25) is 0 Å². The maximum absolute atomic E-state index is 13.7. The minimum Gasteiger partial charge on any atom is -0.296 e. The summed E-state index contributed by atoms with van der Waals surface area (Å²) in [6.07, 6.45) is 0.781. The number of nitrogens with zero attached hydrogens (tertiary/aromatic N) is 3. The molecule has 0 atom stereocenters. The van der Waals surface area contributed by atoms with Crippen molar-refractivity contribution in [3.8, 4) is 28.2 Å². The van der Waals surface area contributed by atoms with E-state index >= 15 is 0 Å². The number of thiophene rings is 1. The Bertz CT molecular complexity index is 1940. The molecule has 6 rings (SSSR count). The van der Waals surface area contributed by atoms with Crippen LogP contribution in [-0.4, -0.2) is 19.3 Å². The van der Waals surface area contributed by atoms with Crippen LogP contribution in [0.5, 0.6) is 0 Å². The van der Waals surface area contributed by atoms with E-state index in [1.54, 1.807) is 16.7 Å². The van der Waals surface area contributed by atoms with Crippen LogP contribution in [0.15, 0.2) is 104 Å². The number of nitrogens with one attached hydrogen (secondary N) is 1. The topological polar surface area (TPSA) is 103 Å². The molecule has 0 amide bonds. The maximum Gasteiger partial charge on any atom is 0.439 e. The second kappa shape index (κ2) is 9.60. The molecule has 0 saturated heterocycles. The van der Waals surface area contributed by atoms with Gasteiger partial charge in [0.1, 0.15) is 4.83 Å². The van der Waals surface area contributed by atoms with Crippen molar-refractivity contribution in [1.82, 2.24) is 19.3 Å². The zero-order valence-corrected chi connectivity index (χ0v) is 21.2. The highest BCUT2D eigenvalue weighted by molar-refractivity contribution is 7.18. The van der Waals surface area contributed by atoms with E-state index in [2.05, 4.69) is 14.7 Å². The van der Waals surface area contributed by atoms with Gasteiger partial charge < -0.3 is 0 Å². The van der Waals surface area contributed by atoms with Gasteiger partial charge in [-0.15, -0.1) is 11.3 Å². The van der Waals surface area contributed by atoms with Crippen molar-refractivity contribution in [2.45, 2.75) is 19.9 Å². The molecule has 8 nitrogen and oxygen atoms in total. The van der Waals surface area contributed by atoms with Crippen molar-refractivity contribution < 1.29 is 4.52 Å². The molecule has 0 radical (unpaired) electrons. The molecule has 3 aromatic carbocycles. The van der Waals surface area contributed by atoms with Gasteiger partial charge in [-0.1, -0.05) is 78.8 Å². The molecule has 3 heterocycles. The van der Waals surface area contributed by atoms with Crippen molar-refractivity contribution in [1.29, 1.82) is 0 Å². The predicted octanol–water partition coefficient (Wildman–Crippen LogP) is 4.83. The Morgan fingerprint density at radius 2 is 1.61 bits per heavy atom. The molecular formula is C29H22N4O4S. The van der Waals surface area contributed by atoms with Crippen LogP contribution in [0.4, 0.5) is 0 Å². The molecule has 38 heavy (non-hydrogen) atoms. The molecule has 6 aromatic rings. The third kappa shape index (κ3) is 4.12. The molecule has 188 valence electrons. The number of hydrogen-bond acceptors (Lipinski definition) is 6. The fourth-order valence-electron chi connectivity index (χ4n) is 4.58. The molecule has 0 saturated carbocycles. The Kier molecular flexibility index (Phi) is 5.97. The maximum atomic E-state index is 13.7. The van der Waals surface area contributed by atoms with Gasteiger partial charge >= 0.3 is 11.4 Å². The molecule has 0 aliphatic heterocycles. The molecule has 9 heteroatoms. The summed E-state index contributed by atoms with van der Waals surface area (Å²) in [5.41, 5.74) is 3.32. The number of aromatic nitrogens is 4. The van der Waals surface area contributed by atoms with E-state index in [4.69, 9.17) is 0 Å². The highest BCUT2D eigenvalue weighted by Crippen LogP contribution is 2.30. The molecule has 0 aliphatic carbocycles. The predicted molar refractivity (Wildman–Crippen MR) is 148 cm³/mol. The monoisotopic (exact) mass is 522 g/mol. The average Bonchev–Trinajstić information content (AvgIpc) is 3.59. The SMILES string of the molecule is CCc1cc2c(=O)n(-c3ccccc3)c(=O)n(Cc3ccc(-c4ccccc4-c4noc(=O)[nH]4)cc3)c2s1. The molecule has 0 aliphatic rings. The van der Waals surface area contributed by atoms with E-state index in [-0.39, 0.29) is 11.2 Å². The van der Waals surface area contributed by atoms with Crippen molar-refractivity contribution in [2.75, 3.05) is 0 Å². The van der Waals surface area contributed by atoms with E-state index in [9.17, 15) is 14.4 Å². The molecule has 1 N–H and O–H groups in total. The van der Waals surface area contributed by atoms with Crippen LogP contribution in [0.3, 0.4) is 0 Å². The first kappa shape index (κ1) is 23.6. The molecule has 0 fully saturated rings. The first-order valence-corrected chi connectivity index (χ1v) is 12.9. The van der Waals surface area contributed by atoms with Gasteiger partial charge in [-0.25, -0.2) is 14.2 Å². The normalized spacial score (nSPS) is 11.3. The molecular weight excluding hydrogens is 500 g/mol. The minimum atomic E-state index is -0.612. The lowest BCUT2D eigenvalue weighted by atomic mass is 9.98. The lowest BCUT2D eigenvalue weighted by molar-refractivity contribution is 0.388. The van der Waals surface area contributed by atoms with Crippen LogP contribution in [0.25, 0.3) is 38.4 Å². The summed E-state index contributed by atoms with van der Waals surface area (Å²) in [4.78, 5) is 42.8. The number of rotatable bonds is 6. The fourth-order valence-corrected chi connectivity index (χ4v) is 5.66. The summed E-state index contributed by atoms with van der Waals surface area (Å²) >= 11 is 1.48. The van der Waals surface area contributed by atoms with E-state index in [0.717, 1.165) is 33.6 Å². The first-order chi connectivity index (χ1) is 18.5. The third-order valence-electron chi connectivity index (χ3n) is 6.46. The average molecular weight is 523 g/mol. The minimum absolute atomic E-state index is 0.304. The molecule has 0 bridgehead atoms. The number of aryl methyl sites for hydroxylation is 1. The van der Waals surface area contributed by atoms with Crippen molar-refractivity contribution >= 4 is 21.6 Å². The lowest BCUT2D eigenvalue weighted by Gasteiger charge is -2.13. The summed E-state index contributed by atoms with van der Waals surface area (Å²) in [5.74, 6) is -0.255. The largest absolute Gasteiger partial charge is 0.439 e. The van der Waals surface area contributed by atoms with Gasteiger partial charge in [-0.05, 0) is 41.3 Å². The first-order valence-electron chi connectivity index (χ1n) is 12.1. The summed E-state index contributed by atoms with van der Waals surface area (Å²) in [6.45, 7) is 2.35. The van der Waals surface area contributed by atoms with Crippen LogP contribution in [-0.2, 0) is 13.0 Å². The highest BCUT2D eigenvalue weighted by atomic mass is 32.1. The summed E-state index contributed by atoms with van der Waals surface area (Å²) in [7, 11) is 0. The fraction of sp³-hybridized carbons (Fsp3) is 0.103. The standard InChI is InChI=1S/C29H22N4O4S/c1-2-21-16-24-26(34)33(20-8-4-3-5-9-20)29(36)32(27(24)38-21)17-18-12-14-19(15-13-18)22-10-6-7-11-23(22)25-30-28(35)37-31-25/h3-16H,2,17H2,1H3,(H,30,31,35). The van der Waals surface area contributed by atoms with Gasteiger partial charge in [0.25, 0.3) is 5.56 Å². The molecule has 0 unspecified atom stereocenters. The van der Waals surface area contributed by atoms with Crippen LogP contribution >= 0.6 is 11.3 Å². The lowest BCUT2D eigenvalue weighted by Crippen LogP contribution is -2.38. The Morgan fingerprint density at radius 3 is 2.29 bits per heavy atom. The van der Waals surface area contributed by atoms with E-state index in [1.165, 1.54) is 15.9 Å². The van der Waals surface area contributed by atoms with Gasteiger partial charge in [0.15, 0.2) is 5.82 Å². The van der Waals surface area contributed by atoms with Gasteiger partial charge in [0.05, 0.1) is 17.6 Å². The number of benzene rings is 3. The van der Waals surface area contributed by atoms with Crippen LogP contribution < -0.4 is 17.0 Å². The number of hydrogen-bond donors (Lipinski definition) is 1. The van der Waals surface area contributed by atoms with E-state index < -0.39 is 5.76 Å². The van der Waals surface area contributed by atoms with Gasteiger partial charge in [-0.3, -0.25) is 18.9 Å². The van der Waals surface area contributed by atoms with E-state index in [1.807, 2.05) is 79.7 Å². The smallest absolute Gasteiger partial charge is 0.296 e. The van der Waals surface area contributed by atoms with Gasteiger partial charge in [0, 0.05) is 10.4 Å². The van der Waals surface area contributed by atoms with E-state index in [0.29, 0.717) is 28.3 Å². The Morgan fingerprint density at radius 1 is 0.895 bits per heavy atom. The summed E-state index contributed by atoms with van der Waals surface area (Å²) in [5, 5.41) is 4.37. The van der Waals surface area contributed by atoms with Crippen molar-refractivity contribution in [3.05, 3.63) is 127 Å². The Balaban J connectivity index is 1.43. The Labute approximate surface area is 220 Å². The molecule has 0 spiro atoms. The second-order valence-corrected chi connectivity index (χ2v) is 9.93. The van der Waals surface area contributed by atoms with Gasteiger partial charge in [-0.2, -0.15) is 0 Å². The summed E-state index contributed by atoms with van der Waals surface area (Å²) < 4.78 is 7.61. The van der Waals surface area contributed by atoms with Crippen molar-refractivity contribution in [3.63, 3.8) is 0 Å². The third-order valence-corrected chi connectivity index (χ3v) is 7.76. The highest BCUT2D eigenvalue weighted by Gasteiger charge is 2.18. The number of para-hydroxylation sites is 1. The molecule has 3 aromatic heterocycles. The number of aromatic amines is 1. The van der Waals surface area contributed by atoms with Crippen molar-refractivity contribution in [2.24, 2.45) is 0 Å². The van der Waals surface area contributed by atoms with Crippen LogP contribution in [0.1, 0.15) is 17.4 Å². The zero-order chi connectivity index (χ0) is 26.2.